The molecule has 28 heavy (non-hydrogen) atoms. The molecule has 0 saturated carbocycles. The van der Waals surface area contributed by atoms with Crippen molar-refractivity contribution < 1.29 is 9.59 Å². The highest BCUT2D eigenvalue weighted by molar-refractivity contribution is 7.13. The summed E-state index contributed by atoms with van der Waals surface area (Å²) in [6.07, 6.45) is 0.137. The van der Waals surface area contributed by atoms with Gasteiger partial charge in [0.2, 0.25) is 5.91 Å². The molecule has 3 rings (SSSR count). The van der Waals surface area contributed by atoms with Gasteiger partial charge < -0.3 is 10.6 Å². The van der Waals surface area contributed by atoms with Crippen LogP contribution in [0.1, 0.15) is 18.7 Å². The fourth-order valence-electron chi connectivity index (χ4n) is 2.48. The Morgan fingerprint density at radius 2 is 1.93 bits per heavy atom. The number of carbonyl (C=O) groups is 2. The van der Waals surface area contributed by atoms with E-state index in [4.69, 9.17) is 0 Å². The Hall–Kier alpha value is -3.33. The van der Waals surface area contributed by atoms with Crippen molar-refractivity contribution >= 4 is 28.3 Å². The van der Waals surface area contributed by atoms with Crippen LogP contribution in [0.2, 0.25) is 0 Å². The van der Waals surface area contributed by atoms with Crippen LogP contribution in [0.15, 0.2) is 52.6 Å². The molecule has 0 spiro atoms. The van der Waals surface area contributed by atoms with E-state index in [0.717, 1.165) is 10.2 Å². The van der Waals surface area contributed by atoms with E-state index in [1.807, 2.05) is 30.3 Å². The van der Waals surface area contributed by atoms with Crippen molar-refractivity contribution in [2.45, 2.75) is 19.4 Å². The van der Waals surface area contributed by atoms with Gasteiger partial charge in [0.15, 0.2) is 5.13 Å². The van der Waals surface area contributed by atoms with Crippen molar-refractivity contribution in [1.82, 2.24) is 20.1 Å². The minimum Gasteiger partial charge on any atom is -0.359 e. The lowest BCUT2D eigenvalue weighted by Gasteiger charge is -2.14. The van der Waals surface area contributed by atoms with Crippen LogP contribution in [-0.2, 0) is 16.0 Å². The summed E-state index contributed by atoms with van der Waals surface area (Å²) in [7, 11) is 1.55. The molecule has 9 heteroatoms. The number of thiazole rings is 1. The summed E-state index contributed by atoms with van der Waals surface area (Å²) >= 11 is 1.22. The lowest BCUT2D eigenvalue weighted by Crippen LogP contribution is -2.33. The monoisotopic (exact) mass is 397 g/mol. The molecule has 144 valence electrons. The maximum absolute atomic E-state index is 12.6. The van der Waals surface area contributed by atoms with Gasteiger partial charge in [0.1, 0.15) is 6.04 Å². The van der Waals surface area contributed by atoms with Gasteiger partial charge in [-0.1, -0.05) is 30.3 Å². The molecule has 3 aromatic rings. The normalized spacial score (nSPS) is 11.6. The van der Waals surface area contributed by atoms with Crippen molar-refractivity contribution in [2.24, 2.45) is 0 Å². The smallest absolute Gasteiger partial charge is 0.267 e. The number of nitrogens with zero attached hydrogens (tertiary/aromatic N) is 3. The van der Waals surface area contributed by atoms with Crippen LogP contribution in [0.5, 0.6) is 0 Å². The van der Waals surface area contributed by atoms with Crippen molar-refractivity contribution in [3.8, 4) is 11.3 Å². The molecule has 0 aliphatic carbocycles. The number of rotatable bonds is 6. The van der Waals surface area contributed by atoms with Crippen molar-refractivity contribution in [1.29, 1.82) is 0 Å². The number of anilines is 1. The van der Waals surface area contributed by atoms with Gasteiger partial charge in [0.25, 0.3) is 11.5 Å². The van der Waals surface area contributed by atoms with Crippen molar-refractivity contribution in [2.75, 3.05) is 12.4 Å². The van der Waals surface area contributed by atoms with E-state index in [-0.39, 0.29) is 17.9 Å². The topological polar surface area (TPSA) is 106 Å². The van der Waals surface area contributed by atoms with Crippen LogP contribution in [-0.4, -0.2) is 33.6 Å². The predicted octanol–water partition coefficient (Wildman–Crippen LogP) is 1.85. The molecule has 0 aliphatic heterocycles. The highest BCUT2D eigenvalue weighted by atomic mass is 32.1. The van der Waals surface area contributed by atoms with Gasteiger partial charge in [-0.15, -0.1) is 11.3 Å². The molecule has 1 unspecified atom stereocenters. The van der Waals surface area contributed by atoms with E-state index in [1.165, 1.54) is 17.4 Å². The third-order valence-corrected chi connectivity index (χ3v) is 4.85. The molecule has 0 aliphatic rings. The molecule has 2 heterocycles. The van der Waals surface area contributed by atoms with Gasteiger partial charge in [-0.05, 0) is 13.0 Å². The Morgan fingerprint density at radius 1 is 1.18 bits per heavy atom. The average molecular weight is 397 g/mol. The Morgan fingerprint density at radius 3 is 2.64 bits per heavy atom. The molecule has 0 radical (unpaired) electrons. The maximum Gasteiger partial charge on any atom is 0.267 e. The molecule has 1 aromatic carbocycles. The zero-order valence-corrected chi connectivity index (χ0v) is 16.2. The minimum absolute atomic E-state index is 0.137. The Kier molecular flexibility index (Phi) is 5.95. The molecule has 2 N–H and O–H groups in total. The van der Waals surface area contributed by atoms with Crippen LogP contribution >= 0.6 is 11.3 Å². The fraction of sp³-hybridized carbons (Fsp3) is 0.211. The average Bonchev–Trinajstić information content (AvgIpc) is 3.15. The molecular formula is C19H19N5O3S. The second-order valence-corrected chi connectivity index (χ2v) is 6.88. The molecule has 0 fully saturated rings. The van der Waals surface area contributed by atoms with Gasteiger partial charge in [0, 0.05) is 24.1 Å². The first-order valence-corrected chi connectivity index (χ1v) is 9.47. The number of nitrogens with one attached hydrogen (secondary N) is 2. The maximum atomic E-state index is 12.6. The molecule has 2 amide bonds. The molecule has 0 saturated heterocycles. The van der Waals surface area contributed by atoms with Gasteiger partial charge in [-0.2, -0.15) is 5.10 Å². The quantitative estimate of drug-likeness (QED) is 0.660. The number of likely N-dealkylation sites (N-methyl/N-ethyl adjacent to an activating group) is 1. The number of carbonyl (C=O) groups excluding carboxylic acids is 2. The molecule has 8 nitrogen and oxygen atoms in total. The molecule has 0 bridgehead atoms. The Labute approximate surface area is 165 Å². The van der Waals surface area contributed by atoms with Gasteiger partial charge in [-0.3, -0.25) is 14.4 Å². The van der Waals surface area contributed by atoms with Crippen LogP contribution in [0, 0.1) is 0 Å². The first-order valence-electron chi connectivity index (χ1n) is 8.59. The van der Waals surface area contributed by atoms with E-state index in [0.29, 0.717) is 16.5 Å². The lowest BCUT2D eigenvalue weighted by atomic mass is 10.1. The molecule has 2 aromatic heterocycles. The van der Waals surface area contributed by atoms with E-state index < -0.39 is 11.9 Å². The summed E-state index contributed by atoms with van der Waals surface area (Å²) in [5.74, 6) is -0.578. The van der Waals surface area contributed by atoms with Crippen LogP contribution in [0.4, 0.5) is 5.13 Å². The van der Waals surface area contributed by atoms with Crippen molar-refractivity contribution in [3.05, 3.63) is 63.9 Å². The molecule has 1 atom stereocenters. The highest BCUT2D eigenvalue weighted by Gasteiger charge is 2.19. The third kappa shape index (κ3) is 4.49. The second-order valence-electron chi connectivity index (χ2n) is 6.03. The lowest BCUT2D eigenvalue weighted by molar-refractivity contribution is -0.120. The predicted molar refractivity (Wildman–Crippen MR) is 107 cm³/mol. The minimum atomic E-state index is -0.831. The standard InChI is InChI=1S/C19H19N5O3S/c1-12(18(27)22-19-21-14(11-28-19)10-16(25)20-2)24-17(26)9-8-15(23-24)13-6-4-3-5-7-13/h3-9,11-12H,10H2,1-2H3,(H,20,25)(H,21,22,27). The summed E-state index contributed by atoms with van der Waals surface area (Å²) in [4.78, 5) is 40.4. The zero-order chi connectivity index (χ0) is 20.1. The summed E-state index contributed by atoms with van der Waals surface area (Å²) in [5.41, 5.74) is 1.64. The van der Waals surface area contributed by atoms with E-state index in [2.05, 4.69) is 20.7 Å². The zero-order valence-electron chi connectivity index (χ0n) is 15.4. The number of aromatic nitrogens is 3. The number of hydrogen-bond acceptors (Lipinski definition) is 6. The fourth-order valence-corrected chi connectivity index (χ4v) is 3.20. The van der Waals surface area contributed by atoms with Crippen molar-refractivity contribution in [3.63, 3.8) is 0 Å². The summed E-state index contributed by atoms with van der Waals surface area (Å²) < 4.78 is 1.15. The third-order valence-electron chi connectivity index (χ3n) is 4.04. The van der Waals surface area contributed by atoms with Gasteiger partial charge in [-0.25, -0.2) is 9.67 Å². The van der Waals surface area contributed by atoms with E-state index >= 15 is 0 Å². The van der Waals surface area contributed by atoms with E-state index in [1.54, 1.807) is 25.4 Å². The second kappa shape index (κ2) is 8.57. The SMILES string of the molecule is CNC(=O)Cc1csc(NC(=O)C(C)n2nc(-c3ccccc3)ccc2=O)n1. The summed E-state index contributed by atoms with van der Waals surface area (Å²) in [5, 5.41) is 11.6. The highest BCUT2D eigenvalue weighted by Crippen LogP contribution is 2.18. The van der Waals surface area contributed by atoms with Gasteiger partial charge in [0.05, 0.1) is 17.8 Å². The van der Waals surface area contributed by atoms with Gasteiger partial charge >= 0.3 is 0 Å². The Bertz CT molecular complexity index is 1040. The van der Waals surface area contributed by atoms with Crippen LogP contribution in [0.3, 0.4) is 0 Å². The first-order chi connectivity index (χ1) is 13.5. The van der Waals surface area contributed by atoms with Crippen LogP contribution in [0.25, 0.3) is 11.3 Å². The molecular weight excluding hydrogens is 378 g/mol. The number of amides is 2. The first kappa shape index (κ1) is 19.4. The number of benzene rings is 1. The largest absolute Gasteiger partial charge is 0.359 e. The summed E-state index contributed by atoms with van der Waals surface area (Å²) in [6.45, 7) is 1.59. The Balaban J connectivity index is 1.76. The summed E-state index contributed by atoms with van der Waals surface area (Å²) in [6, 6.07) is 11.6. The number of hydrogen-bond donors (Lipinski definition) is 2. The van der Waals surface area contributed by atoms with Crippen LogP contribution < -0.4 is 16.2 Å². The van der Waals surface area contributed by atoms with E-state index in [9.17, 15) is 14.4 Å².